The Bertz CT molecular complexity index is 1120. The molecule has 0 radical (unpaired) electrons. The van der Waals surface area contributed by atoms with E-state index >= 15 is 0 Å². The van der Waals surface area contributed by atoms with Crippen LogP contribution < -0.4 is 4.74 Å². The van der Waals surface area contributed by atoms with Crippen LogP contribution in [-0.2, 0) is 30.9 Å². The maximum Gasteiger partial charge on any atom is 0.325 e. The smallest absolute Gasteiger partial charge is 0.325 e. The summed E-state index contributed by atoms with van der Waals surface area (Å²) in [5, 5.41) is 0. The SMILES string of the molecule is COC(=O)C1N(S(=O)(=O)c2ccc(OCC#CCOCc3ccccc3)cc2)CCSC1(C)C. The van der Waals surface area contributed by atoms with Gasteiger partial charge in [0.25, 0.3) is 0 Å². The van der Waals surface area contributed by atoms with Crippen LogP contribution >= 0.6 is 11.8 Å². The van der Waals surface area contributed by atoms with Crippen LogP contribution in [0.3, 0.4) is 0 Å². The number of esters is 1. The molecule has 1 unspecified atom stereocenters. The number of hydrogen-bond donors (Lipinski definition) is 0. The van der Waals surface area contributed by atoms with Crippen molar-refractivity contribution in [3.05, 3.63) is 60.2 Å². The van der Waals surface area contributed by atoms with Crippen molar-refractivity contribution >= 4 is 27.8 Å². The number of hydrogen-bond acceptors (Lipinski definition) is 7. The Balaban J connectivity index is 1.56. The molecule has 1 heterocycles. The third-order valence-electron chi connectivity index (χ3n) is 5.31. The topological polar surface area (TPSA) is 82.1 Å². The van der Waals surface area contributed by atoms with Crippen LogP contribution in [0.1, 0.15) is 19.4 Å². The standard InChI is InChI=1S/C25H29NO6S2/c1-25(2)23(24(27)30-3)26(15-18-33-25)34(28,29)22-13-11-21(12-14-22)32-17-8-7-16-31-19-20-9-5-4-6-10-20/h4-6,9-14,23H,15-19H2,1-3H3. The van der Waals surface area contributed by atoms with Gasteiger partial charge in [-0.3, -0.25) is 4.79 Å². The van der Waals surface area contributed by atoms with Crippen LogP contribution in [0.5, 0.6) is 5.75 Å². The van der Waals surface area contributed by atoms with Gasteiger partial charge in [-0.15, -0.1) is 0 Å². The van der Waals surface area contributed by atoms with Crippen molar-refractivity contribution < 1.29 is 27.4 Å². The average molecular weight is 504 g/mol. The van der Waals surface area contributed by atoms with Gasteiger partial charge in [0.05, 0.1) is 18.6 Å². The maximum atomic E-state index is 13.3. The molecule has 1 saturated heterocycles. The predicted octanol–water partition coefficient (Wildman–Crippen LogP) is 3.34. The van der Waals surface area contributed by atoms with Gasteiger partial charge < -0.3 is 14.2 Å². The summed E-state index contributed by atoms with van der Waals surface area (Å²) in [6, 6.07) is 15.1. The fourth-order valence-electron chi connectivity index (χ4n) is 3.58. The number of benzene rings is 2. The lowest BCUT2D eigenvalue weighted by Crippen LogP contribution is -2.58. The van der Waals surface area contributed by atoms with E-state index in [9.17, 15) is 13.2 Å². The fourth-order valence-corrected chi connectivity index (χ4v) is 6.67. The summed E-state index contributed by atoms with van der Waals surface area (Å²) in [6.07, 6.45) is 0. The third-order valence-corrected chi connectivity index (χ3v) is 8.54. The minimum Gasteiger partial charge on any atom is -0.481 e. The van der Waals surface area contributed by atoms with Crippen molar-refractivity contribution in [2.75, 3.05) is 32.6 Å². The molecule has 0 aromatic heterocycles. The highest BCUT2D eigenvalue weighted by Crippen LogP contribution is 2.38. The Morgan fingerprint density at radius 1 is 1.09 bits per heavy atom. The summed E-state index contributed by atoms with van der Waals surface area (Å²) in [7, 11) is -2.62. The Labute approximate surface area is 205 Å². The molecule has 3 rings (SSSR count). The molecule has 0 saturated carbocycles. The minimum absolute atomic E-state index is 0.0943. The molecular formula is C25H29NO6S2. The van der Waals surface area contributed by atoms with E-state index in [0.717, 1.165) is 5.56 Å². The number of nitrogens with zero attached hydrogens (tertiary/aromatic N) is 1. The zero-order chi connectivity index (χ0) is 24.6. The van der Waals surface area contributed by atoms with E-state index in [1.54, 1.807) is 23.9 Å². The number of sulfonamides is 1. The molecule has 0 N–H and O–H groups in total. The summed E-state index contributed by atoms with van der Waals surface area (Å²) in [5.41, 5.74) is 1.08. The molecule has 34 heavy (non-hydrogen) atoms. The van der Waals surface area contributed by atoms with Crippen LogP contribution in [0.25, 0.3) is 0 Å². The highest BCUT2D eigenvalue weighted by Gasteiger charge is 2.48. The lowest BCUT2D eigenvalue weighted by molar-refractivity contribution is -0.146. The second-order valence-electron chi connectivity index (χ2n) is 8.09. The Hall–Kier alpha value is -2.51. The maximum absolute atomic E-state index is 13.3. The van der Waals surface area contributed by atoms with E-state index in [4.69, 9.17) is 14.2 Å². The van der Waals surface area contributed by atoms with E-state index < -0.39 is 26.8 Å². The van der Waals surface area contributed by atoms with E-state index in [1.807, 2.05) is 44.2 Å². The molecule has 0 amide bonds. The lowest BCUT2D eigenvalue weighted by atomic mass is 10.0. The first-order valence-electron chi connectivity index (χ1n) is 10.8. The van der Waals surface area contributed by atoms with Gasteiger partial charge in [0, 0.05) is 17.0 Å². The van der Waals surface area contributed by atoms with Gasteiger partial charge >= 0.3 is 5.97 Å². The molecule has 1 fully saturated rings. The molecule has 9 heteroatoms. The Morgan fingerprint density at radius 3 is 2.44 bits per heavy atom. The molecule has 1 atom stereocenters. The Kier molecular flexibility index (Phi) is 9.03. The van der Waals surface area contributed by atoms with Gasteiger partial charge in [-0.25, -0.2) is 8.42 Å². The molecule has 0 bridgehead atoms. The first-order valence-corrected chi connectivity index (χ1v) is 13.2. The number of carbonyl (C=O) groups excluding carboxylic acids is 1. The zero-order valence-corrected chi connectivity index (χ0v) is 21.2. The normalized spacial score (nSPS) is 17.9. The second-order valence-corrected chi connectivity index (χ2v) is 11.7. The van der Waals surface area contributed by atoms with Crippen molar-refractivity contribution in [3.8, 4) is 17.6 Å². The molecule has 7 nitrogen and oxygen atoms in total. The van der Waals surface area contributed by atoms with Gasteiger partial charge in [0.15, 0.2) is 0 Å². The fraction of sp³-hybridized carbons (Fsp3) is 0.400. The van der Waals surface area contributed by atoms with E-state index in [2.05, 4.69) is 11.8 Å². The largest absolute Gasteiger partial charge is 0.481 e. The van der Waals surface area contributed by atoms with Crippen molar-refractivity contribution in [1.29, 1.82) is 0 Å². The average Bonchev–Trinajstić information content (AvgIpc) is 2.83. The molecule has 1 aliphatic heterocycles. The van der Waals surface area contributed by atoms with E-state index in [0.29, 0.717) is 24.7 Å². The molecule has 182 valence electrons. The van der Waals surface area contributed by atoms with Crippen molar-refractivity contribution in [2.24, 2.45) is 0 Å². The van der Waals surface area contributed by atoms with Gasteiger partial charge in [0.1, 0.15) is 25.0 Å². The monoisotopic (exact) mass is 503 g/mol. The summed E-state index contributed by atoms with van der Waals surface area (Å²) < 4.78 is 43.2. The molecule has 2 aromatic rings. The van der Waals surface area contributed by atoms with Crippen molar-refractivity contribution in [3.63, 3.8) is 0 Å². The van der Waals surface area contributed by atoms with Gasteiger partial charge in [-0.2, -0.15) is 16.1 Å². The van der Waals surface area contributed by atoms with Gasteiger partial charge in [0.2, 0.25) is 10.0 Å². The summed E-state index contributed by atoms with van der Waals surface area (Å²) >= 11 is 1.56. The van der Waals surface area contributed by atoms with E-state index in [1.165, 1.54) is 23.5 Å². The van der Waals surface area contributed by atoms with Crippen LogP contribution in [0.4, 0.5) is 0 Å². The number of rotatable bonds is 8. The van der Waals surface area contributed by atoms with E-state index in [-0.39, 0.29) is 18.0 Å². The zero-order valence-electron chi connectivity index (χ0n) is 19.5. The van der Waals surface area contributed by atoms with Crippen LogP contribution in [0.2, 0.25) is 0 Å². The third kappa shape index (κ3) is 6.54. The molecular weight excluding hydrogens is 474 g/mol. The van der Waals surface area contributed by atoms with Crippen LogP contribution in [0.15, 0.2) is 59.5 Å². The van der Waals surface area contributed by atoms with Gasteiger partial charge in [-0.1, -0.05) is 42.2 Å². The summed E-state index contributed by atoms with van der Waals surface area (Å²) in [6.45, 7) is 4.88. The highest BCUT2D eigenvalue weighted by atomic mass is 32.2. The predicted molar refractivity (Wildman–Crippen MR) is 132 cm³/mol. The minimum atomic E-state index is -3.89. The second kappa shape index (κ2) is 11.8. The molecule has 2 aromatic carbocycles. The van der Waals surface area contributed by atoms with Crippen molar-refractivity contribution in [1.82, 2.24) is 4.31 Å². The summed E-state index contributed by atoms with van der Waals surface area (Å²) in [4.78, 5) is 12.5. The molecule has 1 aliphatic rings. The number of ether oxygens (including phenoxy) is 3. The van der Waals surface area contributed by atoms with Crippen LogP contribution in [0, 0.1) is 11.8 Å². The quantitative estimate of drug-likeness (QED) is 0.310. The van der Waals surface area contributed by atoms with Gasteiger partial charge in [-0.05, 0) is 43.7 Å². The Morgan fingerprint density at radius 2 is 1.76 bits per heavy atom. The summed E-state index contributed by atoms with van der Waals surface area (Å²) in [5.74, 6) is 6.29. The highest BCUT2D eigenvalue weighted by molar-refractivity contribution is 8.00. The first-order chi connectivity index (χ1) is 16.3. The van der Waals surface area contributed by atoms with Crippen molar-refractivity contribution in [2.45, 2.75) is 36.1 Å². The van der Waals surface area contributed by atoms with Crippen LogP contribution in [-0.4, -0.2) is 62.1 Å². The number of methoxy groups -OCH3 is 1. The first kappa shape index (κ1) is 26.1. The molecule has 0 aliphatic carbocycles. The number of carbonyl (C=O) groups is 1. The molecule has 0 spiro atoms. The number of thioether (sulfide) groups is 1. The lowest BCUT2D eigenvalue weighted by Gasteiger charge is -2.43.